The largest absolute Gasteiger partial charge is 0.400 e. The Kier molecular flexibility index (Phi) is 13.3. The Hall–Kier alpha value is -1.06. The van der Waals surface area contributed by atoms with Crippen molar-refractivity contribution in [3.05, 3.63) is 54.2 Å². The third-order valence-electron chi connectivity index (χ3n) is 1.97. The standard InChI is InChI=1S/C12H10N.2CH4O.Ir/c1-10-6-5-9-13-12(10)11-7-3-2-4-8-11;2*1-2;/h2-7,9H,1H3;2*2H,1H3;/q-1;;;. The first-order valence-electron chi connectivity index (χ1n) is 5.16. The Morgan fingerprint density at radius 2 is 1.67 bits per heavy atom. The summed E-state index contributed by atoms with van der Waals surface area (Å²) in [6, 6.07) is 15.1. The van der Waals surface area contributed by atoms with E-state index >= 15 is 0 Å². The molecular weight excluding hydrogens is 406 g/mol. The maximum Gasteiger partial charge on any atom is 0.0319 e. The molecule has 1 aromatic carbocycles. The summed E-state index contributed by atoms with van der Waals surface area (Å²) in [5.74, 6) is 0. The van der Waals surface area contributed by atoms with Crippen LogP contribution in [0.15, 0.2) is 42.6 Å². The van der Waals surface area contributed by atoms with Crippen molar-refractivity contribution < 1.29 is 30.3 Å². The molecule has 0 aliphatic carbocycles. The smallest absolute Gasteiger partial charge is 0.0319 e. The molecule has 3 nitrogen and oxygen atoms in total. The maximum atomic E-state index is 7.00. The monoisotopic (exact) mass is 425 g/mol. The summed E-state index contributed by atoms with van der Waals surface area (Å²) in [5.41, 5.74) is 3.26. The Balaban J connectivity index is 0. The van der Waals surface area contributed by atoms with Gasteiger partial charge in [0.2, 0.25) is 0 Å². The first-order chi connectivity index (χ1) is 8.38. The number of rotatable bonds is 1. The van der Waals surface area contributed by atoms with Gasteiger partial charge < -0.3 is 15.2 Å². The van der Waals surface area contributed by atoms with Crippen molar-refractivity contribution in [3.8, 4) is 11.3 Å². The van der Waals surface area contributed by atoms with E-state index in [0.29, 0.717) is 0 Å². The summed E-state index contributed by atoms with van der Waals surface area (Å²) >= 11 is 0. The number of benzene rings is 1. The van der Waals surface area contributed by atoms with Crippen LogP contribution in [-0.4, -0.2) is 29.4 Å². The van der Waals surface area contributed by atoms with Gasteiger partial charge in [-0.15, -0.1) is 35.9 Å². The third-order valence-corrected chi connectivity index (χ3v) is 1.97. The van der Waals surface area contributed by atoms with Crippen LogP contribution in [0.4, 0.5) is 0 Å². The maximum absolute atomic E-state index is 7.00. The van der Waals surface area contributed by atoms with Gasteiger partial charge in [0.1, 0.15) is 0 Å². The van der Waals surface area contributed by atoms with Crippen LogP contribution < -0.4 is 0 Å². The Labute approximate surface area is 122 Å². The molecule has 0 saturated heterocycles. The van der Waals surface area contributed by atoms with Crippen molar-refractivity contribution >= 4 is 0 Å². The van der Waals surface area contributed by atoms with Gasteiger partial charge in [0.15, 0.2) is 0 Å². The van der Waals surface area contributed by atoms with Gasteiger partial charge in [-0.3, -0.25) is 0 Å². The van der Waals surface area contributed by atoms with Gasteiger partial charge in [0, 0.05) is 40.5 Å². The first kappa shape index (κ1) is 19.3. The van der Waals surface area contributed by atoms with Crippen molar-refractivity contribution in [2.75, 3.05) is 14.2 Å². The average molecular weight is 425 g/mol. The zero-order chi connectivity index (χ0) is 13.1. The predicted octanol–water partition coefficient (Wildman–Crippen LogP) is 2.07. The predicted molar refractivity (Wildman–Crippen MR) is 69.5 cm³/mol. The molecule has 0 spiro atoms. The zero-order valence-corrected chi connectivity index (χ0v) is 13.1. The number of hydrogen-bond acceptors (Lipinski definition) is 3. The Morgan fingerprint density at radius 3 is 2.17 bits per heavy atom. The van der Waals surface area contributed by atoms with Gasteiger partial charge >= 0.3 is 0 Å². The van der Waals surface area contributed by atoms with Gasteiger partial charge in [-0.2, -0.15) is 0 Å². The molecule has 0 bridgehead atoms. The van der Waals surface area contributed by atoms with E-state index < -0.39 is 0 Å². The van der Waals surface area contributed by atoms with Crippen LogP contribution in [0.2, 0.25) is 0 Å². The average Bonchev–Trinajstić information content (AvgIpc) is 2.45. The molecule has 0 unspecified atom stereocenters. The first-order valence-corrected chi connectivity index (χ1v) is 5.16. The van der Waals surface area contributed by atoms with E-state index in [2.05, 4.69) is 24.0 Å². The summed E-state index contributed by atoms with van der Waals surface area (Å²) in [6.07, 6.45) is 1.81. The van der Waals surface area contributed by atoms with Crippen LogP contribution in [0.25, 0.3) is 11.3 Å². The minimum atomic E-state index is 0. The number of aliphatic hydroxyl groups is 2. The summed E-state index contributed by atoms with van der Waals surface area (Å²) in [7, 11) is 2.00. The molecule has 0 atom stereocenters. The second-order valence-electron chi connectivity index (χ2n) is 2.95. The van der Waals surface area contributed by atoms with Crippen LogP contribution >= 0.6 is 0 Å². The van der Waals surface area contributed by atoms with Crippen molar-refractivity contribution in [2.45, 2.75) is 6.92 Å². The molecule has 18 heavy (non-hydrogen) atoms. The summed E-state index contributed by atoms with van der Waals surface area (Å²) in [4.78, 5) is 4.32. The topological polar surface area (TPSA) is 53.4 Å². The number of aliphatic hydroxyl groups excluding tert-OH is 2. The SMILES string of the molecule is CO.CO.Cc1cccnc1-c1[c-]cccc1.[Ir]. The fourth-order valence-corrected chi connectivity index (χ4v) is 1.31. The van der Waals surface area contributed by atoms with E-state index in [-0.39, 0.29) is 20.1 Å². The van der Waals surface area contributed by atoms with E-state index in [0.717, 1.165) is 25.5 Å². The Bertz CT molecular complexity index is 408. The van der Waals surface area contributed by atoms with Crippen LogP contribution in [0, 0.1) is 13.0 Å². The zero-order valence-electron chi connectivity index (χ0n) is 10.7. The molecule has 2 aromatic rings. The van der Waals surface area contributed by atoms with Gasteiger partial charge in [-0.05, 0) is 18.7 Å². The number of nitrogens with zero attached hydrogens (tertiary/aromatic N) is 1. The molecule has 0 amide bonds. The second kappa shape index (κ2) is 12.4. The van der Waals surface area contributed by atoms with Crippen molar-refractivity contribution in [3.63, 3.8) is 0 Å². The minimum absolute atomic E-state index is 0. The van der Waals surface area contributed by atoms with Crippen LogP contribution in [0.1, 0.15) is 5.56 Å². The van der Waals surface area contributed by atoms with Gasteiger partial charge in [0.25, 0.3) is 0 Å². The minimum Gasteiger partial charge on any atom is -0.400 e. The molecule has 2 rings (SSSR count). The van der Waals surface area contributed by atoms with Crippen LogP contribution in [-0.2, 0) is 20.1 Å². The summed E-state index contributed by atoms with van der Waals surface area (Å²) in [5, 5.41) is 14.0. The summed E-state index contributed by atoms with van der Waals surface area (Å²) in [6.45, 7) is 2.06. The van der Waals surface area contributed by atoms with Gasteiger partial charge in [-0.1, -0.05) is 11.6 Å². The van der Waals surface area contributed by atoms with Crippen molar-refractivity contribution in [2.24, 2.45) is 0 Å². The third kappa shape index (κ3) is 6.03. The molecule has 0 saturated carbocycles. The van der Waals surface area contributed by atoms with E-state index in [9.17, 15) is 0 Å². The molecular formula is C14H18IrNO2-. The molecule has 1 aromatic heterocycles. The van der Waals surface area contributed by atoms with Crippen LogP contribution in [0.3, 0.4) is 0 Å². The van der Waals surface area contributed by atoms with E-state index in [4.69, 9.17) is 10.2 Å². The second-order valence-corrected chi connectivity index (χ2v) is 2.95. The molecule has 1 radical (unpaired) electrons. The Morgan fingerprint density at radius 1 is 1.00 bits per heavy atom. The van der Waals surface area contributed by atoms with Gasteiger partial charge in [-0.25, -0.2) is 0 Å². The van der Waals surface area contributed by atoms with E-state index in [1.54, 1.807) is 0 Å². The fourth-order valence-electron chi connectivity index (χ4n) is 1.31. The van der Waals surface area contributed by atoms with Crippen LogP contribution in [0.5, 0.6) is 0 Å². The molecule has 0 aliphatic rings. The summed E-state index contributed by atoms with van der Waals surface area (Å²) < 4.78 is 0. The number of pyridine rings is 1. The molecule has 1 heterocycles. The van der Waals surface area contributed by atoms with Gasteiger partial charge in [0.05, 0.1) is 0 Å². The molecule has 2 N–H and O–H groups in total. The quantitative estimate of drug-likeness (QED) is 0.690. The van der Waals surface area contributed by atoms with E-state index in [1.165, 1.54) is 5.56 Å². The molecule has 0 fully saturated rings. The van der Waals surface area contributed by atoms with Crippen molar-refractivity contribution in [1.29, 1.82) is 0 Å². The van der Waals surface area contributed by atoms with Crippen molar-refractivity contribution in [1.82, 2.24) is 4.98 Å². The molecule has 0 aliphatic heterocycles. The fraction of sp³-hybridized carbons (Fsp3) is 0.214. The van der Waals surface area contributed by atoms with E-state index in [1.807, 2.05) is 36.5 Å². The molecule has 4 heteroatoms. The number of aryl methyl sites for hydroxylation is 1. The normalized spacial score (nSPS) is 7.83. The number of aromatic nitrogens is 1. The number of hydrogen-bond donors (Lipinski definition) is 2. The molecule has 101 valence electrons.